The molecule has 0 unspecified atom stereocenters. The van der Waals surface area contributed by atoms with Crippen molar-refractivity contribution in [3.63, 3.8) is 0 Å². The maximum Gasteiger partial charge on any atom is 0.324 e. The second kappa shape index (κ2) is 2.22. The normalized spacial score (nSPS) is 45.5. The van der Waals surface area contributed by atoms with Gasteiger partial charge in [-0.3, -0.25) is 9.59 Å². The maximum atomic E-state index is 11.0. The molecule has 3 atom stereocenters. The Hall–Kier alpha value is -0.580. The summed E-state index contributed by atoms with van der Waals surface area (Å²) in [6.07, 6.45) is -0.302. The molecule has 0 aromatic heterocycles. The number of esters is 2. The molecule has 0 bridgehead atoms. The van der Waals surface area contributed by atoms with Crippen LogP contribution in [0.5, 0.6) is 0 Å². The van der Waals surface area contributed by atoms with Crippen molar-refractivity contribution in [3.8, 4) is 0 Å². The fourth-order valence-electron chi connectivity index (χ4n) is 1.57. The number of fused-ring (bicyclic) bond motifs is 1. The molecule has 2 aliphatic rings. The Morgan fingerprint density at radius 1 is 1.58 bits per heavy atom. The summed E-state index contributed by atoms with van der Waals surface area (Å²) in [6, 6.07) is 0. The molecule has 0 radical (unpaired) electrons. The second-order valence-corrected chi connectivity index (χ2v) is 4.21. The number of alkyl halides is 1. The highest BCUT2D eigenvalue weighted by molar-refractivity contribution is 9.10. The number of carbonyl (C=O) groups excluding carboxylic acids is 2. The van der Waals surface area contributed by atoms with Gasteiger partial charge in [-0.25, -0.2) is 0 Å². The standard InChI is InChI=1S/C7H7BrO4/c1-7-2-3(9)11-5(7)4(8)6(10)12-7/h4-5H,2H2,1H3/t4-,5-,7-/m0/s1. The van der Waals surface area contributed by atoms with Gasteiger partial charge in [-0.2, -0.15) is 0 Å². The average molecular weight is 235 g/mol. The summed E-state index contributed by atoms with van der Waals surface area (Å²) in [5, 5.41) is 0. The van der Waals surface area contributed by atoms with Crippen molar-refractivity contribution in [1.82, 2.24) is 0 Å². The van der Waals surface area contributed by atoms with Crippen LogP contribution in [-0.2, 0) is 19.1 Å². The smallest absolute Gasteiger partial charge is 0.324 e. The summed E-state index contributed by atoms with van der Waals surface area (Å²) < 4.78 is 9.96. The highest BCUT2D eigenvalue weighted by Gasteiger charge is 2.59. The molecular formula is C7H7BrO4. The van der Waals surface area contributed by atoms with E-state index in [1.54, 1.807) is 6.92 Å². The first-order chi connectivity index (χ1) is 5.53. The Labute approximate surface area is 77.3 Å². The van der Waals surface area contributed by atoms with Crippen LogP contribution in [0.2, 0.25) is 0 Å². The van der Waals surface area contributed by atoms with Crippen molar-refractivity contribution in [2.75, 3.05) is 0 Å². The molecule has 0 amide bonds. The molecule has 66 valence electrons. The summed E-state index contributed by atoms with van der Waals surface area (Å²) in [5.74, 6) is -0.658. The van der Waals surface area contributed by atoms with Crippen LogP contribution >= 0.6 is 15.9 Å². The zero-order valence-corrected chi connectivity index (χ0v) is 7.96. The molecule has 0 saturated carbocycles. The molecule has 2 fully saturated rings. The fourth-order valence-corrected chi connectivity index (χ4v) is 2.33. The van der Waals surface area contributed by atoms with E-state index in [9.17, 15) is 9.59 Å². The minimum absolute atomic E-state index is 0.158. The number of hydrogen-bond acceptors (Lipinski definition) is 4. The van der Waals surface area contributed by atoms with Crippen molar-refractivity contribution in [3.05, 3.63) is 0 Å². The van der Waals surface area contributed by atoms with Crippen molar-refractivity contribution in [2.24, 2.45) is 0 Å². The first-order valence-electron chi connectivity index (χ1n) is 3.59. The number of ether oxygens (including phenoxy) is 2. The zero-order chi connectivity index (χ0) is 8.93. The minimum atomic E-state index is -0.748. The first kappa shape index (κ1) is 8.04. The Morgan fingerprint density at radius 3 is 2.83 bits per heavy atom. The van der Waals surface area contributed by atoms with E-state index in [4.69, 9.17) is 9.47 Å². The van der Waals surface area contributed by atoms with Crippen molar-refractivity contribution >= 4 is 27.9 Å². The van der Waals surface area contributed by atoms with Crippen LogP contribution in [0.25, 0.3) is 0 Å². The molecule has 0 aromatic carbocycles. The predicted octanol–water partition coefficient (Wildman–Crippen LogP) is 0.381. The lowest BCUT2D eigenvalue weighted by atomic mass is 9.99. The molecule has 4 nitrogen and oxygen atoms in total. The van der Waals surface area contributed by atoms with E-state index in [-0.39, 0.29) is 18.4 Å². The van der Waals surface area contributed by atoms with Gasteiger partial charge in [-0.15, -0.1) is 0 Å². The lowest BCUT2D eigenvalue weighted by Crippen LogP contribution is -2.33. The van der Waals surface area contributed by atoms with Crippen molar-refractivity contribution in [2.45, 2.75) is 29.9 Å². The number of carbonyl (C=O) groups is 2. The van der Waals surface area contributed by atoms with Crippen molar-refractivity contribution < 1.29 is 19.1 Å². The largest absolute Gasteiger partial charge is 0.456 e. The molecule has 2 saturated heterocycles. The first-order valence-corrected chi connectivity index (χ1v) is 4.51. The van der Waals surface area contributed by atoms with Crippen LogP contribution in [-0.4, -0.2) is 28.5 Å². The summed E-state index contributed by atoms with van der Waals surface area (Å²) in [7, 11) is 0. The highest BCUT2D eigenvalue weighted by Crippen LogP contribution is 2.41. The molecule has 2 heterocycles. The van der Waals surface area contributed by atoms with E-state index in [1.807, 2.05) is 0 Å². The number of hydrogen-bond donors (Lipinski definition) is 0. The summed E-state index contributed by atoms with van der Waals surface area (Å²) >= 11 is 3.12. The van der Waals surface area contributed by atoms with Gasteiger partial charge in [0.1, 0.15) is 0 Å². The van der Waals surface area contributed by atoms with Crippen LogP contribution < -0.4 is 0 Å². The van der Waals surface area contributed by atoms with Gasteiger partial charge < -0.3 is 9.47 Å². The van der Waals surface area contributed by atoms with Gasteiger partial charge >= 0.3 is 11.9 Å². The molecular weight excluding hydrogens is 228 g/mol. The molecule has 2 aliphatic heterocycles. The van der Waals surface area contributed by atoms with E-state index in [0.717, 1.165) is 0 Å². The van der Waals surface area contributed by atoms with E-state index in [0.29, 0.717) is 0 Å². The zero-order valence-electron chi connectivity index (χ0n) is 6.37. The lowest BCUT2D eigenvalue weighted by Gasteiger charge is -2.17. The minimum Gasteiger partial charge on any atom is -0.456 e. The number of rotatable bonds is 0. The van der Waals surface area contributed by atoms with Crippen LogP contribution in [0.4, 0.5) is 0 Å². The predicted molar refractivity (Wildman–Crippen MR) is 41.7 cm³/mol. The monoisotopic (exact) mass is 234 g/mol. The molecule has 2 rings (SSSR count). The van der Waals surface area contributed by atoms with Gasteiger partial charge in [0.15, 0.2) is 16.5 Å². The van der Waals surface area contributed by atoms with Crippen LogP contribution in [0.1, 0.15) is 13.3 Å². The highest BCUT2D eigenvalue weighted by atomic mass is 79.9. The lowest BCUT2D eigenvalue weighted by molar-refractivity contribution is -0.147. The molecule has 12 heavy (non-hydrogen) atoms. The Morgan fingerprint density at radius 2 is 2.25 bits per heavy atom. The van der Waals surface area contributed by atoms with Crippen LogP contribution in [0.15, 0.2) is 0 Å². The van der Waals surface area contributed by atoms with Crippen LogP contribution in [0.3, 0.4) is 0 Å². The third kappa shape index (κ3) is 0.888. The maximum absolute atomic E-state index is 11.0. The average Bonchev–Trinajstić information content (AvgIpc) is 2.31. The summed E-state index contributed by atoms with van der Waals surface area (Å²) in [5.41, 5.74) is -0.748. The number of halogens is 1. The molecule has 0 spiro atoms. The fraction of sp³-hybridized carbons (Fsp3) is 0.714. The van der Waals surface area contributed by atoms with Gasteiger partial charge in [-0.05, 0) is 6.92 Å². The van der Waals surface area contributed by atoms with E-state index >= 15 is 0 Å². The van der Waals surface area contributed by atoms with E-state index in [1.165, 1.54) is 0 Å². The van der Waals surface area contributed by atoms with Gasteiger partial charge in [0.25, 0.3) is 0 Å². The third-order valence-corrected chi connectivity index (χ3v) is 3.03. The Bertz CT molecular complexity index is 264. The Balaban J connectivity index is 2.31. The Kier molecular flexibility index (Phi) is 1.49. The summed E-state index contributed by atoms with van der Waals surface area (Å²) in [6.45, 7) is 1.71. The molecule has 0 aliphatic carbocycles. The molecule has 5 heteroatoms. The summed E-state index contributed by atoms with van der Waals surface area (Å²) in [4.78, 5) is 21.4. The van der Waals surface area contributed by atoms with Crippen LogP contribution in [0, 0.1) is 0 Å². The third-order valence-electron chi connectivity index (χ3n) is 2.18. The molecule has 0 N–H and O–H groups in total. The quantitative estimate of drug-likeness (QED) is 0.450. The SMILES string of the molecule is C[C@]12CC(=O)O[C@H]1[C@H](Br)C(=O)O2. The second-order valence-electron chi connectivity index (χ2n) is 3.22. The van der Waals surface area contributed by atoms with E-state index in [2.05, 4.69) is 15.9 Å². The van der Waals surface area contributed by atoms with Gasteiger partial charge in [0.05, 0.1) is 6.42 Å². The van der Waals surface area contributed by atoms with Crippen molar-refractivity contribution in [1.29, 1.82) is 0 Å². The molecule has 0 aromatic rings. The van der Waals surface area contributed by atoms with E-state index < -0.39 is 16.5 Å². The van der Waals surface area contributed by atoms with Gasteiger partial charge in [0, 0.05) is 0 Å². The topological polar surface area (TPSA) is 52.6 Å². The van der Waals surface area contributed by atoms with Gasteiger partial charge in [-0.1, -0.05) is 15.9 Å². The van der Waals surface area contributed by atoms with Gasteiger partial charge in [0.2, 0.25) is 0 Å².